The van der Waals surface area contributed by atoms with E-state index in [1.807, 2.05) is 71.4 Å². The molecule has 0 radical (unpaired) electrons. The Labute approximate surface area is 220 Å². The monoisotopic (exact) mass is 508 g/mol. The van der Waals surface area contributed by atoms with E-state index in [-0.39, 0.29) is 0 Å². The van der Waals surface area contributed by atoms with E-state index in [9.17, 15) is 0 Å². The number of hydrogen-bond donors (Lipinski definition) is 2. The van der Waals surface area contributed by atoms with E-state index in [0.717, 1.165) is 56.5 Å². The van der Waals surface area contributed by atoms with Crippen LogP contribution in [0.1, 0.15) is 25.7 Å². The molecule has 0 aliphatic heterocycles. The summed E-state index contributed by atoms with van der Waals surface area (Å²) in [5.41, 5.74) is 11.5. The lowest BCUT2D eigenvalue weighted by Gasteiger charge is -2.12. The third kappa shape index (κ3) is 4.84. The second-order valence-electron chi connectivity index (χ2n) is 9.18. The summed E-state index contributed by atoms with van der Waals surface area (Å²) in [6, 6.07) is 24.5. The zero-order chi connectivity index (χ0) is 25.2. The van der Waals surface area contributed by atoms with Gasteiger partial charge in [0, 0.05) is 28.4 Å². The van der Waals surface area contributed by atoms with Crippen molar-refractivity contribution in [3.05, 3.63) is 79.0 Å². The topological polar surface area (TPSA) is 90.4 Å². The first-order chi connectivity index (χ1) is 18.2. The van der Waals surface area contributed by atoms with Crippen molar-refractivity contribution < 1.29 is 4.74 Å². The summed E-state index contributed by atoms with van der Waals surface area (Å²) in [5.74, 6) is 1.44. The van der Waals surface area contributed by atoms with Crippen molar-refractivity contribution in [3.63, 3.8) is 0 Å². The van der Waals surface area contributed by atoms with Crippen LogP contribution < -0.4 is 15.8 Å². The molecular weight excluding hydrogens is 480 g/mol. The Kier molecular flexibility index (Phi) is 6.40. The van der Waals surface area contributed by atoms with Gasteiger partial charge >= 0.3 is 0 Å². The molecule has 0 atom stereocenters. The van der Waals surface area contributed by atoms with Gasteiger partial charge in [0.15, 0.2) is 0 Å². The Morgan fingerprint density at radius 3 is 2.54 bits per heavy atom. The molecule has 6 rings (SSSR count). The van der Waals surface area contributed by atoms with E-state index in [4.69, 9.17) is 20.6 Å². The van der Waals surface area contributed by atoms with Gasteiger partial charge in [-0.05, 0) is 67.4 Å². The predicted molar refractivity (Wildman–Crippen MR) is 149 cm³/mol. The Morgan fingerprint density at radius 2 is 1.78 bits per heavy atom. The lowest BCUT2D eigenvalue weighted by atomic mass is 10.0. The number of anilines is 2. The van der Waals surface area contributed by atoms with Crippen molar-refractivity contribution in [1.82, 2.24) is 19.6 Å². The van der Waals surface area contributed by atoms with Gasteiger partial charge in [-0.15, -0.1) is 0 Å². The molecule has 0 spiro atoms. The van der Waals surface area contributed by atoms with E-state index in [0.29, 0.717) is 17.7 Å². The fourth-order valence-corrected chi connectivity index (χ4v) is 5.80. The van der Waals surface area contributed by atoms with Crippen molar-refractivity contribution in [1.29, 1.82) is 0 Å². The van der Waals surface area contributed by atoms with Crippen LogP contribution in [0.3, 0.4) is 0 Å². The maximum absolute atomic E-state index is 6.43. The Morgan fingerprint density at radius 1 is 1.00 bits per heavy atom. The van der Waals surface area contributed by atoms with Crippen molar-refractivity contribution in [3.8, 4) is 28.3 Å². The zero-order valence-electron chi connectivity index (χ0n) is 20.6. The van der Waals surface area contributed by atoms with Gasteiger partial charge in [-0.3, -0.25) is 0 Å². The largest absolute Gasteiger partial charge is 0.497 e. The van der Waals surface area contributed by atoms with E-state index >= 15 is 0 Å². The Balaban J connectivity index is 1.52. The molecule has 0 bridgehead atoms. The van der Waals surface area contributed by atoms with Gasteiger partial charge in [-0.25, -0.2) is 14.5 Å². The quantitative estimate of drug-likeness (QED) is 0.257. The van der Waals surface area contributed by atoms with Crippen molar-refractivity contribution in [2.24, 2.45) is 0 Å². The van der Waals surface area contributed by atoms with Crippen LogP contribution in [0.4, 0.5) is 11.6 Å². The molecule has 7 nitrogen and oxygen atoms in total. The first-order valence-corrected chi connectivity index (χ1v) is 13.3. The molecule has 3 aromatic heterocycles. The lowest BCUT2D eigenvalue weighted by molar-refractivity contribution is 0.415. The molecule has 8 heteroatoms. The van der Waals surface area contributed by atoms with Crippen LogP contribution in [0, 0.1) is 0 Å². The predicted octanol–water partition coefficient (Wildman–Crippen LogP) is 6.55. The number of rotatable bonds is 7. The summed E-state index contributed by atoms with van der Waals surface area (Å²) in [7, 11) is 1.67. The molecular formula is C29H28N6OS. The number of nitrogens with two attached hydrogens (primary N) is 1. The molecule has 1 aliphatic carbocycles. The molecule has 1 aliphatic rings. The number of nitrogens with one attached hydrogen (secondary N) is 1. The number of nitrogen functional groups attached to an aromatic ring is 1. The Bertz CT molecular complexity index is 1530. The van der Waals surface area contributed by atoms with Crippen LogP contribution in [-0.4, -0.2) is 32.7 Å². The number of methoxy groups -OCH3 is 1. The van der Waals surface area contributed by atoms with Crippen LogP contribution in [0.15, 0.2) is 88.9 Å². The van der Waals surface area contributed by atoms with Crippen LogP contribution in [-0.2, 0) is 0 Å². The third-order valence-corrected chi connectivity index (χ3v) is 7.66. The van der Waals surface area contributed by atoms with Crippen molar-refractivity contribution >= 4 is 28.9 Å². The normalized spacial score (nSPS) is 13.8. The summed E-state index contributed by atoms with van der Waals surface area (Å²) in [5, 5.41) is 9.56. The first kappa shape index (κ1) is 23.4. The molecule has 0 unspecified atom stereocenters. The number of nitrogens with zero attached hydrogens (tertiary/aromatic N) is 4. The average Bonchev–Trinajstić information content (AvgIpc) is 3.57. The maximum Gasteiger partial charge on any atom is 0.223 e. The zero-order valence-corrected chi connectivity index (χ0v) is 21.4. The van der Waals surface area contributed by atoms with Gasteiger partial charge in [0.25, 0.3) is 0 Å². The van der Waals surface area contributed by atoms with Gasteiger partial charge in [-0.2, -0.15) is 5.10 Å². The number of pyridine rings is 1. The summed E-state index contributed by atoms with van der Waals surface area (Å²) in [6.07, 6.45) is 6.60. The minimum Gasteiger partial charge on any atom is -0.497 e. The fourth-order valence-electron chi connectivity index (χ4n) is 4.84. The van der Waals surface area contributed by atoms with Crippen LogP contribution >= 0.6 is 11.8 Å². The van der Waals surface area contributed by atoms with Crippen molar-refractivity contribution in [2.45, 2.75) is 41.6 Å². The van der Waals surface area contributed by atoms with Crippen LogP contribution in [0.5, 0.6) is 5.75 Å². The molecule has 0 amide bonds. The van der Waals surface area contributed by atoms with Crippen LogP contribution in [0.2, 0.25) is 0 Å². The van der Waals surface area contributed by atoms with Gasteiger partial charge in [0.1, 0.15) is 16.5 Å². The van der Waals surface area contributed by atoms with Gasteiger partial charge in [-0.1, -0.05) is 42.8 Å². The van der Waals surface area contributed by atoms with Gasteiger partial charge in [0.05, 0.1) is 23.9 Å². The Hall–Kier alpha value is -4.04. The molecule has 186 valence electrons. The third-order valence-electron chi connectivity index (χ3n) is 6.65. The van der Waals surface area contributed by atoms with E-state index in [2.05, 4.69) is 22.4 Å². The van der Waals surface area contributed by atoms with E-state index in [1.54, 1.807) is 18.9 Å². The number of fused-ring (bicyclic) bond motifs is 1. The number of ether oxygens (including phenoxy) is 1. The summed E-state index contributed by atoms with van der Waals surface area (Å²) >= 11 is 1.63. The smallest absolute Gasteiger partial charge is 0.223 e. The van der Waals surface area contributed by atoms with Crippen LogP contribution in [0.25, 0.3) is 28.0 Å². The standard InChI is InChI=1S/C29H28N6OS/c1-36-22-13-11-19(12-14-22)28-27(24-15-16-31-29(33-24)32-21-7-5-6-8-21)25-17-20(30)18-26(35(25)34-28)37-23-9-3-2-4-10-23/h2-4,9-18,21H,5-8,30H2,1H3,(H,31,32,33). The second kappa shape index (κ2) is 10.1. The number of benzene rings is 2. The molecule has 37 heavy (non-hydrogen) atoms. The van der Waals surface area contributed by atoms with Crippen molar-refractivity contribution in [2.75, 3.05) is 18.2 Å². The number of aromatic nitrogens is 4. The average molecular weight is 509 g/mol. The SMILES string of the molecule is COc1ccc(-c2nn3c(Sc4ccccc4)cc(N)cc3c2-c2ccnc(NC3CCCC3)n2)cc1. The highest BCUT2D eigenvalue weighted by molar-refractivity contribution is 7.99. The summed E-state index contributed by atoms with van der Waals surface area (Å²) in [4.78, 5) is 10.6. The van der Waals surface area contributed by atoms with Gasteiger partial charge < -0.3 is 15.8 Å². The summed E-state index contributed by atoms with van der Waals surface area (Å²) < 4.78 is 7.35. The molecule has 1 saturated carbocycles. The molecule has 5 aromatic rings. The molecule has 3 N–H and O–H groups in total. The highest BCUT2D eigenvalue weighted by Gasteiger charge is 2.22. The minimum atomic E-state index is 0.421. The highest BCUT2D eigenvalue weighted by atomic mass is 32.2. The van der Waals surface area contributed by atoms with E-state index in [1.165, 1.54) is 12.8 Å². The second-order valence-corrected chi connectivity index (χ2v) is 10.3. The molecule has 1 fully saturated rings. The fraction of sp³-hybridized carbons (Fsp3) is 0.207. The van der Waals surface area contributed by atoms with E-state index < -0.39 is 0 Å². The molecule has 2 aromatic carbocycles. The molecule has 3 heterocycles. The maximum atomic E-state index is 6.43. The first-order valence-electron chi connectivity index (χ1n) is 12.5. The lowest BCUT2D eigenvalue weighted by Crippen LogP contribution is -2.16. The highest BCUT2D eigenvalue weighted by Crippen LogP contribution is 2.39. The summed E-state index contributed by atoms with van der Waals surface area (Å²) in [6.45, 7) is 0. The number of hydrogen-bond acceptors (Lipinski definition) is 7. The molecule has 0 saturated heterocycles. The van der Waals surface area contributed by atoms with Gasteiger partial charge in [0.2, 0.25) is 5.95 Å². The minimum absolute atomic E-state index is 0.421.